The number of hydrogen-bond donors (Lipinski definition) is 2. The molecule has 1 heterocycles. The maximum Gasteiger partial charge on any atom is 0.251 e. The first kappa shape index (κ1) is 11.5. The second-order valence-corrected chi connectivity index (χ2v) is 4.50. The van der Waals surface area contributed by atoms with Gasteiger partial charge in [0.15, 0.2) is 0 Å². The van der Waals surface area contributed by atoms with Gasteiger partial charge in [-0.2, -0.15) is 0 Å². The highest BCUT2D eigenvalue weighted by Gasteiger charge is 2.16. The summed E-state index contributed by atoms with van der Waals surface area (Å²) in [5.41, 5.74) is 0.678. The van der Waals surface area contributed by atoms with E-state index in [0.29, 0.717) is 18.0 Å². The quantitative estimate of drug-likeness (QED) is 0.786. The van der Waals surface area contributed by atoms with Crippen LogP contribution in [0.1, 0.15) is 16.8 Å². The first-order chi connectivity index (χ1) is 7.75. The van der Waals surface area contributed by atoms with Crippen molar-refractivity contribution in [3.63, 3.8) is 0 Å². The topological polar surface area (TPSA) is 38.3 Å². The van der Waals surface area contributed by atoms with E-state index in [1.165, 1.54) is 0 Å². The van der Waals surface area contributed by atoms with Crippen molar-refractivity contribution in [3.05, 3.63) is 29.8 Å². The van der Waals surface area contributed by atoms with E-state index in [0.717, 1.165) is 24.5 Å². The van der Waals surface area contributed by atoms with Gasteiger partial charge in [0.25, 0.3) is 5.91 Å². The highest BCUT2D eigenvalue weighted by Crippen LogP contribution is 2.11. The lowest BCUT2D eigenvalue weighted by Crippen LogP contribution is -2.29. The lowest BCUT2D eigenvalue weighted by Gasteiger charge is -2.09. The molecule has 1 amide bonds. The summed E-state index contributed by atoms with van der Waals surface area (Å²) < 4.78 is 5.25. The molecule has 4 heteroatoms. The zero-order chi connectivity index (χ0) is 11.4. The zero-order valence-electron chi connectivity index (χ0n) is 8.98. The number of hydrogen-bond acceptors (Lipinski definition) is 3. The Morgan fingerprint density at radius 1 is 1.44 bits per heavy atom. The van der Waals surface area contributed by atoms with Crippen molar-refractivity contribution >= 4 is 18.5 Å². The highest BCUT2D eigenvalue weighted by molar-refractivity contribution is 7.80. The van der Waals surface area contributed by atoms with Crippen molar-refractivity contribution in [2.45, 2.75) is 11.3 Å². The summed E-state index contributed by atoms with van der Waals surface area (Å²) in [6.45, 7) is 2.27. The van der Waals surface area contributed by atoms with Gasteiger partial charge >= 0.3 is 0 Å². The Balaban J connectivity index is 1.85. The molecule has 1 aliphatic heterocycles. The number of carbonyl (C=O) groups excluding carboxylic acids is 1. The molecule has 1 fully saturated rings. The Kier molecular flexibility index (Phi) is 3.85. The van der Waals surface area contributed by atoms with Crippen LogP contribution in [0.5, 0.6) is 0 Å². The van der Waals surface area contributed by atoms with E-state index < -0.39 is 0 Å². The lowest BCUT2D eigenvalue weighted by atomic mass is 10.1. The average molecular weight is 237 g/mol. The SMILES string of the molecule is O=C(NCC1CCOC1)c1ccc(S)cc1. The fourth-order valence-corrected chi connectivity index (χ4v) is 1.85. The largest absolute Gasteiger partial charge is 0.381 e. The minimum Gasteiger partial charge on any atom is -0.381 e. The molecule has 16 heavy (non-hydrogen) atoms. The third-order valence-corrected chi connectivity index (χ3v) is 3.00. The summed E-state index contributed by atoms with van der Waals surface area (Å²) in [6.07, 6.45) is 1.04. The van der Waals surface area contributed by atoms with Crippen molar-refractivity contribution in [1.82, 2.24) is 5.32 Å². The van der Waals surface area contributed by atoms with Gasteiger partial charge in [-0.05, 0) is 30.7 Å². The van der Waals surface area contributed by atoms with Gasteiger partial charge in [-0.15, -0.1) is 12.6 Å². The zero-order valence-corrected chi connectivity index (χ0v) is 9.87. The number of benzene rings is 1. The summed E-state index contributed by atoms with van der Waals surface area (Å²) >= 11 is 4.18. The molecule has 0 saturated carbocycles. The van der Waals surface area contributed by atoms with Crippen LogP contribution in [0.4, 0.5) is 0 Å². The molecular formula is C12H15NO2S. The van der Waals surface area contributed by atoms with E-state index >= 15 is 0 Å². The van der Waals surface area contributed by atoms with Crippen LogP contribution in [0.25, 0.3) is 0 Å². The fraction of sp³-hybridized carbons (Fsp3) is 0.417. The Morgan fingerprint density at radius 2 is 2.19 bits per heavy atom. The van der Waals surface area contributed by atoms with Gasteiger partial charge in [-0.25, -0.2) is 0 Å². The summed E-state index contributed by atoms with van der Waals surface area (Å²) in [5, 5.41) is 2.92. The molecule has 1 aromatic rings. The molecule has 3 nitrogen and oxygen atoms in total. The van der Waals surface area contributed by atoms with Crippen LogP contribution in [-0.4, -0.2) is 25.7 Å². The van der Waals surface area contributed by atoms with Crippen LogP contribution in [0.15, 0.2) is 29.2 Å². The molecule has 1 saturated heterocycles. The minimum absolute atomic E-state index is 0.0276. The first-order valence-electron chi connectivity index (χ1n) is 5.40. The van der Waals surface area contributed by atoms with E-state index in [1.807, 2.05) is 12.1 Å². The number of rotatable bonds is 3. The molecule has 0 aliphatic carbocycles. The molecule has 1 unspecified atom stereocenters. The monoisotopic (exact) mass is 237 g/mol. The van der Waals surface area contributed by atoms with Gasteiger partial charge in [0, 0.05) is 29.5 Å². The predicted octanol–water partition coefficient (Wildman–Crippen LogP) is 1.74. The van der Waals surface area contributed by atoms with E-state index in [4.69, 9.17) is 4.74 Å². The van der Waals surface area contributed by atoms with E-state index in [9.17, 15) is 4.79 Å². The number of thiol groups is 1. The van der Waals surface area contributed by atoms with Gasteiger partial charge in [-0.1, -0.05) is 0 Å². The van der Waals surface area contributed by atoms with Crippen LogP contribution >= 0.6 is 12.6 Å². The van der Waals surface area contributed by atoms with E-state index in [-0.39, 0.29) is 5.91 Å². The van der Waals surface area contributed by atoms with Gasteiger partial charge in [0.05, 0.1) is 6.61 Å². The van der Waals surface area contributed by atoms with Crippen molar-refractivity contribution in [2.75, 3.05) is 19.8 Å². The molecule has 0 bridgehead atoms. The molecule has 1 aromatic carbocycles. The average Bonchev–Trinajstić information content (AvgIpc) is 2.80. The number of nitrogens with one attached hydrogen (secondary N) is 1. The lowest BCUT2D eigenvalue weighted by molar-refractivity contribution is 0.0945. The fourth-order valence-electron chi connectivity index (χ4n) is 1.70. The summed E-state index contributed by atoms with van der Waals surface area (Å²) in [7, 11) is 0. The molecule has 0 aromatic heterocycles. The second-order valence-electron chi connectivity index (χ2n) is 3.99. The Labute approximate surface area is 101 Å². The smallest absolute Gasteiger partial charge is 0.251 e. The molecular weight excluding hydrogens is 222 g/mol. The predicted molar refractivity (Wildman–Crippen MR) is 65.0 cm³/mol. The van der Waals surface area contributed by atoms with Gasteiger partial charge < -0.3 is 10.1 Å². The van der Waals surface area contributed by atoms with Crippen molar-refractivity contribution < 1.29 is 9.53 Å². The minimum atomic E-state index is -0.0276. The number of carbonyl (C=O) groups is 1. The highest BCUT2D eigenvalue weighted by atomic mass is 32.1. The van der Waals surface area contributed by atoms with Crippen molar-refractivity contribution in [3.8, 4) is 0 Å². The van der Waals surface area contributed by atoms with E-state index in [2.05, 4.69) is 17.9 Å². The molecule has 0 radical (unpaired) electrons. The van der Waals surface area contributed by atoms with E-state index in [1.54, 1.807) is 12.1 Å². The van der Waals surface area contributed by atoms with Crippen molar-refractivity contribution in [1.29, 1.82) is 0 Å². The number of amides is 1. The molecule has 1 aliphatic rings. The van der Waals surface area contributed by atoms with Crippen LogP contribution in [-0.2, 0) is 4.74 Å². The Morgan fingerprint density at radius 3 is 2.81 bits per heavy atom. The van der Waals surface area contributed by atoms with Crippen molar-refractivity contribution in [2.24, 2.45) is 5.92 Å². The molecule has 1 atom stereocenters. The van der Waals surface area contributed by atoms with Crippen LogP contribution in [0, 0.1) is 5.92 Å². The third kappa shape index (κ3) is 3.00. The molecule has 86 valence electrons. The van der Waals surface area contributed by atoms with Gasteiger partial charge in [0.1, 0.15) is 0 Å². The van der Waals surface area contributed by atoms with Crippen LogP contribution < -0.4 is 5.32 Å². The summed E-state index contributed by atoms with van der Waals surface area (Å²) in [4.78, 5) is 12.6. The Bertz CT molecular complexity index is 358. The summed E-state index contributed by atoms with van der Waals surface area (Å²) in [5.74, 6) is 0.438. The standard InChI is InChI=1S/C12H15NO2S/c14-12(10-1-3-11(16)4-2-10)13-7-9-5-6-15-8-9/h1-4,9,16H,5-8H2,(H,13,14). The molecule has 2 rings (SSSR count). The van der Waals surface area contributed by atoms with Gasteiger partial charge in [-0.3, -0.25) is 4.79 Å². The maximum atomic E-state index is 11.7. The normalized spacial score (nSPS) is 19.7. The van der Waals surface area contributed by atoms with Crippen LogP contribution in [0.3, 0.4) is 0 Å². The van der Waals surface area contributed by atoms with Gasteiger partial charge in [0.2, 0.25) is 0 Å². The molecule has 0 spiro atoms. The third-order valence-electron chi connectivity index (χ3n) is 2.70. The summed E-state index contributed by atoms with van der Waals surface area (Å²) in [6, 6.07) is 7.19. The second kappa shape index (κ2) is 5.37. The van der Waals surface area contributed by atoms with Crippen LogP contribution in [0.2, 0.25) is 0 Å². The number of ether oxygens (including phenoxy) is 1. The first-order valence-corrected chi connectivity index (χ1v) is 5.85. The Hall–Kier alpha value is -1.00. The maximum absolute atomic E-state index is 11.7. The molecule has 1 N–H and O–H groups in total.